The van der Waals surface area contributed by atoms with Crippen molar-refractivity contribution in [3.63, 3.8) is 0 Å². The third-order valence-electron chi connectivity index (χ3n) is 2.46. The van der Waals surface area contributed by atoms with Crippen molar-refractivity contribution >= 4 is 7.60 Å². The largest absolute Gasteiger partial charge is 0.390 e. The fourth-order valence-electron chi connectivity index (χ4n) is 1.39. The molecule has 86 valence electrons. The summed E-state index contributed by atoms with van der Waals surface area (Å²) in [6.07, 6.45) is -6.36. The maximum atomic E-state index is 12.1. The second-order valence-electron chi connectivity index (χ2n) is 3.27. The van der Waals surface area contributed by atoms with Crippen LogP contribution in [0.2, 0.25) is 0 Å². The molecular formula is C7H14F3O3P. The van der Waals surface area contributed by atoms with Gasteiger partial charge in [0.15, 0.2) is 0 Å². The van der Waals surface area contributed by atoms with Crippen LogP contribution < -0.4 is 0 Å². The van der Waals surface area contributed by atoms with Crippen LogP contribution in [0.25, 0.3) is 0 Å². The van der Waals surface area contributed by atoms with Crippen LogP contribution in [-0.2, 0) is 4.57 Å². The van der Waals surface area contributed by atoms with E-state index in [-0.39, 0.29) is 12.8 Å². The number of rotatable bonds is 4. The van der Waals surface area contributed by atoms with Crippen molar-refractivity contribution in [3.8, 4) is 0 Å². The van der Waals surface area contributed by atoms with E-state index >= 15 is 0 Å². The van der Waals surface area contributed by atoms with Gasteiger partial charge in [-0.15, -0.1) is 0 Å². The van der Waals surface area contributed by atoms with Gasteiger partial charge in [-0.25, -0.2) is 0 Å². The summed E-state index contributed by atoms with van der Waals surface area (Å²) in [7, 11) is -4.72. The van der Waals surface area contributed by atoms with Crippen molar-refractivity contribution < 1.29 is 27.5 Å². The summed E-state index contributed by atoms with van der Waals surface area (Å²) in [5, 5.41) is -1.95. The zero-order valence-corrected chi connectivity index (χ0v) is 8.90. The van der Waals surface area contributed by atoms with E-state index in [9.17, 15) is 17.7 Å². The number of hydrogen-bond donors (Lipinski definition) is 2. The Morgan fingerprint density at radius 1 is 1.14 bits per heavy atom. The van der Waals surface area contributed by atoms with Gasteiger partial charge >= 0.3 is 13.8 Å². The first-order chi connectivity index (χ1) is 6.08. The summed E-state index contributed by atoms with van der Waals surface area (Å²) in [5.41, 5.74) is 0. The Balaban J connectivity index is 5.01. The highest BCUT2D eigenvalue weighted by Crippen LogP contribution is 2.58. The first-order valence-corrected chi connectivity index (χ1v) is 5.81. The molecule has 0 aliphatic heterocycles. The molecule has 2 N–H and O–H groups in total. The average Bonchev–Trinajstić information content (AvgIpc) is 1.96. The van der Waals surface area contributed by atoms with Gasteiger partial charge in [0.25, 0.3) is 0 Å². The molecular weight excluding hydrogens is 220 g/mol. The lowest BCUT2D eigenvalue weighted by molar-refractivity contribution is -0.143. The Hall–Kier alpha value is -0.0600. The number of hydrogen-bond acceptors (Lipinski definition) is 1. The van der Waals surface area contributed by atoms with E-state index in [0.29, 0.717) is 0 Å². The molecule has 0 atom stereocenters. The minimum atomic E-state index is -4.72. The van der Waals surface area contributed by atoms with Crippen LogP contribution in [0.4, 0.5) is 13.2 Å². The molecule has 0 bridgehead atoms. The standard InChI is InChI=1S/C7H14F3O3P/c1-3-6(4-2,14(11,12)13)5-7(8,9)10/h3-5H2,1-2H3,(H2,11,12,13). The molecule has 0 spiro atoms. The Morgan fingerprint density at radius 2 is 1.50 bits per heavy atom. The van der Waals surface area contributed by atoms with Gasteiger partial charge in [0.1, 0.15) is 0 Å². The van der Waals surface area contributed by atoms with E-state index in [1.54, 1.807) is 0 Å². The van der Waals surface area contributed by atoms with Gasteiger partial charge in [-0.1, -0.05) is 13.8 Å². The summed E-state index contributed by atoms with van der Waals surface area (Å²) in [6, 6.07) is 0. The fraction of sp³-hybridized carbons (Fsp3) is 1.00. The van der Waals surface area contributed by atoms with Gasteiger partial charge in [-0.05, 0) is 12.8 Å². The molecule has 0 heterocycles. The summed E-state index contributed by atoms with van der Waals surface area (Å²) in [6.45, 7) is 2.71. The summed E-state index contributed by atoms with van der Waals surface area (Å²) in [4.78, 5) is 17.8. The Morgan fingerprint density at radius 3 is 1.57 bits per heavy atom. The van der Waals surface area contributed by atoms with Crippen LogP contribution in [-0.4, -0.2) is 21.1 Å². The molecule has 0 aliphatic rings. The molecule has 3 nitrogen and oxygen atoms in total. The minimum Gasteiger partial charge on any atom is -0.324 e. The third kappa shape index (κ3) is 3.26. The normalized spacial score (nSPS) is 14.5. The highest BCUT2D eigenvalue weighted by molar-refractivity contribution is 7.53. The van der Waals surface area contributed by atoms with Crippen LogP contribution in [0.3, 0.4) is 0 Å². The Kier molecular flexibility index (Phi) is 4.19. The quantitative estimate of drug-likeness (QED) is 0.735. The smallest absolute Gasteiger partial charge is 0.324 e. The summed E-state index contributed by atoms with van der Waals surface area (Å²) < 4.78 is 47.3. The van der Waals surface area contributed by atoms with Gasteiger partial charge in [0.2, 0.25) is 0 Å². The van der Waals surface area contributed by atoms with Crippen LogP contribution in [0.15, 0.2) is 0 Å². The first kappa shape index (κ1) is 13.9. The maximum absolute atomic E-state index is 12.1. The Labute approximate surface area is 80.5 Å². The van der Waals surface area contributed by atoms with E-state index in [2.05, 4.69) is 0 Å². The van der Waals surface area contributed by atoms with E-state index in [0.717, 1.165) is 0 Å². The van der Waals surface area contributed by atoms with Crippen LogP contribution in [0.1, 0.15) is 33.1 Å². The Bertz CT molecular complexity index is 229. The topological polar surface area (TPSA) is 57.5 Å². The molecule has 0 aliphatic carbocycles. The summed E-state index contributed by atoms with van der Waals surface area (Å²) in [5.74, 6) is 0. The highest BCUT2D eigenvalue weighted by Gasteiger charge is 2.51. The molecule has 0 fully saturated rings. The molecule has 14 heavy (non-hydrogen) atoms. The zero-order chi connectivity index (χ0) is 11.6. The van der Waals surface area contributed by atoms with Gasteiger partial charge in [0.05, 0.1) is 11.6 Å². The zero-order valence-electron chi connectivity index (χ0n) is 8.01. The molecule has 0 rings (SSSR count). The molecule has 0 unspecified atom stereocenters. The molecule has 0 saturated carbocycles. The van der Waals surface area contributed by atoms with Crippen molar-refractivity contribution in [2.24, 2.45) is 0 Å². The molecule has 0 radical (unpaired) electrons. The average molecular weight is 234 g/mol. The summed E-state index contributed by atoms with van der Waals surface area (Å²) >= 11 is 0. The molecule has 0 amide bonds. The lowest BCUT2D eigenvalue weighted by atomic mass is 9.98. The van der Waals surface area contributed by atoms with Crippen molar-refractivity contribution in [2.75, 3.05) is 0 Å². The van der Waals surface area contributed by atoms with Crippen molar-refractivity contribution in [2.45, 2.75) is 44.4 Å². The second kappa shape index (κ2) is 4.21. The van der Waals surface area contributed by atoms with Gasteiger partial charge < -0.3 is 9.79 Å². The van der Waals surface area contributed by atoms with E-state index in [4.69, 9.17) is 9.79 Å². The highest BCUT2D eigenvalue weighted by atomic mass is 31.2. The molecule has 0 aromatic carbocycles. The molecule has 0 aromatic rings. The fourth-order valence-corrected chi connectivity index (χ4v) is 2.60. The van der Waals surface area contributed by atoms with Gasteiger partial charge in [-0.2, -0.15) is 13.2 Å². The molecule has 7 heteroatoms. The van der Waals surface area contributed by atoms with Crippen molar-refractivity contribution in [1.29, 1.82) is 0 Å². The van der Waals surface area contributed by atoms with Crippen LogP contribution >= 0.6 is 7.60 Å². The second-order valence-corrected chi connectivity index (χ2v) is 5.30. The SMILES string of the molecule is CCC(CC)(CC(F)(F)F)P(=O)(O)O. The minimum absolute atomic E-state index is 0.187. The first-order valence-electron chi connectivity index (χ1n) is 4.20. The monoisotopic (exact) mass is 234 g/mol. The van der Waals surface area contributed by atoms with Gasteiger partial charge in [0, 0.05) is 0 Å². The lowest BCUT2D eigenvalue weighted by Crippen LogP contribution is -2.33. The van der Waals surface area contributed by atoms with Crippen molar-refractivity contribution in [3.05, 3.63) is 0 Å². The van der Waals surface area contributed by atoms with Crippen LogP contribution in [0, 0.1) is 0 Å². The lowest BCUT2D eigenvalue weighted by Gasteiger charge is -2.32. The predicted molar refractivity (Wildman–Crippen MR) is 46.0 cm³/mol. The number of alkyl halides is 3. The van der Waals surface area contributed by atoms with E-state index in [1.165, 1.54) is 13.8 Å². The maximum Gasteiger partial charge on any atom is 0.390 e. The van der Waals surface area contributed by atoms with Crippen molar-refractivity contribution in [1.82, 2.24) is 0 Å². The van der Waals surface area contributed by atoms with E-state index < -0.39 is 25.3 Å². The van der Waals surface area contributed by atoms with Crippen LogP contribution in [0.5, 0.6) is 0 Å². The predicted octanol–water partition coefficient (Wildman–Crippen LogP) is 2.68. The molecule has 0 saturated heterocycles. The van der Waals surface area contributed by atoms with Gasteiger partial charge in [-0.3, -0.25) is 4.57 Å². The van der Waals surface area contributed by atoms with E-state index in [1.807, 2.05) is 0 Å². The third-order valence-corrected chi connectivity index (χ3v) is 4.49. The molecule has 0 aromatic heterocycles. The number of halogens is 3.